The van der Waals surface area contributed by atoms with E-state index in [2.05, 4.69) is 11.6 Å². The molecule has 11 heavy (non-hydrogen) atoms. The Kier molecular flexibility index (Phi) is 2.93. The molecular weight excluding hydrogens is 162 g/mol. The maximum absolute atomic E-state index is 5.61. The number of aromatic nitrogens is 1. The molecule has 58 valence electrons. The van der Waals surface area contributed by atoms with Gasteiger partial charge in [-0.2, -0.15) is 0 Å². The third-order valence-electron chi connectivity index (χ3n) is 1.07. The van der Waals surface area contributed by atoms with Crippen molar-refractivity contribution in [3.05, 3.63) is 36.1 Å². The Labute approximate surface area is 70.5 Å². The molecule has 1 aromatic heterocycles. The predicted octanol–water partition coefficient (Wildman–Crippen LogP) is 2.30. The maximum Gasteiger partial charge on any atom is 0.132 e. The van der Waals surface area contributed by atoms with Gasteiger partial charge in [0.25, 0.3) is 0 Å². The molecule has 0 aliphatic carbocycles. The van der Waals surface area contributed by atoms with Gasteiger partial charge < -0.3 is 4.74 Å². The average molecular weight is 170 g/mol. The van der Waals surface area contributed by atoms with Gasteiger partial charge in [-0.25, -0.2) is 4.98 Å². The third kappa shape index (κ3) is 2.60. The molecule has 0 radical (unpaired) electrons. The molecule has 1 heterocycles. The number of ether oxygens (including phenoxy) is 1. The van der Waals surface area contributed by atoms with Crippen molar-refractivity contribution in [1.82, 2.24) is 4.98 Å². The summed E-state index contributed by atoms with van der Waals surface area (Å²) >= 11 is 5.61. The predicted molar refractivity (Wildman–Crippen MR) is 44.9 cm³/mol. The van der Waals surface area contributed by atoms with Crippen molar-refractivity contribution in [3.8, 4) is 5.75 Å². The lowest BCUT2D eigenvalue weighted by atomic mass is 10.4. The highest BCUT2D eigenvalue weighted by atomic mass is 35.5. The van der Waals surface area contributed by atoms with Gasteiger partial charge in [-0.05, 0) is 6.07 Å². The molecule has 0 saturated carbocycles. The highest BCUT2D eigenvalue weighted by Crippen LogP contribution is 2.13. The number of hydrogen-bond acceptors (Lipinski definition) is 2. The Morgan fingerprint density at radius 2 is 2.55 bits per heavy atom. The van der Waals surface area contributed by atoms with Crippen LogP contribution in [0.25, 0.3) is 0 Å². The minimum atomic E-state index is 0.437. The van der Waals surface area contributed by atoms with E-state index in [1.807, 2.05) is 0 Å². The van der Waals surface area contributed by atoms with E-state index in [1.165, 1.54) is 0 Å². The van der Waals surface area contributed by atoms with E-state index in [0.29, 0.717) is 17.5 Å². The summed E-state index contributed by atoms with van der Waals surface area (Å²) in [4.78, 5) is 3.81. The first-order valence-electron chi connectivity index (χ1n) is 3.18. The summed E-state index contributed by atoms with van der Waals surface area (Å²) < 4.78 is 5.19. The van der Waals surface area contributed by atoms with Crippen LogP contribution in [0, 0.1) is 0 Å². The lowest BCUT2D eigenvalue weighted by molar-refractivity contribution is 0.363. The van der Waals surface area contributed by atoms with Crippen LogP contribution < -0.4 is 4.74 Å². The number of hydrogen-bond donors (Lipinski definition) is 0. The summed E-state index contributed by atoms with van der Waals surface area (Å²) in [6, 6.07) is 3.40. The number of rotatable bonds is 3. The molecule has 0 aliphatic rings. The Morgan fingerprint density at radius 3 is 3.18 bits per heavy atom. The summed E-state index contributed by atoms with van der Waals surface area (Å²) in [5.41, 5.74) is 0. The van der Waals surface area contributed by atoms with Crippen LogP contribution >= 0.6 is 11.6 Å². The van der Waals surface area contributed by atoms with Gasteiger partial charge >= 0.3 is 0 Å². The Balaban J connectivity index is 2.63. The zero-order valence-electron chi connectivity index (χ0n) is 5.96. The summed E-state index contributed by atoms with van der Waals surface area (Å²) in [6.07, 6.45) is 3.27. The quantitative estimate of drug-likeness (QED) is 0.512. The van der Waals surface area contributed by atoms with E-state index >= 15 is 0 Å². The number of pyridine rings is 1. The first kappa shape index (κ1) is 8.08. The minimum absolute atomic E-state index is 0.437. The first-order chi connectivity index (χ1) is 5.33. The van der Waals surface area contributed by atoms with Gasteiger partial charge in [0, 0.05) is 12.3 Å². The Morgan fingerprint density at radius 1 is 1.73 bits per heavy atom. The smallest absolute Gasteiger partial charge is 0.132 e. The monoisotopic (exact) mass is 169 g/mol. The summed E-state index contributed by atoms with van der Waals surface area (Å²) in [5, 5.41) is 0.437. The molecule has 0 aromatic carbocycles. The molecule has 3 heteroatoms. The van der Waals surface area contributed by atoms with E-state index < -0.39 is 0 Å². The van der Waals surface area contributed by atoms with Gasteiger partial charge in [-0.3, -0.25) is 0 Å². The fraction of sp³-hybridized carbons (Fsp3) is 0.125. The van der Waals surface area contributed by atoms with Crippen molar-refractivity contribution in [2.45, 2.75) is 0 Å². The molecule has 0 amide bonds. The van der Waals surface area contributed by atoms with Crippen molar-refractivity contribution in [1.29, 1.82) is 0 Å². The second-order valence-corrected chi connectivity index (χ2v) is 2.30. The normalized spacial score (nSPS) is 9.18. The van der Waals surface area contributed by atoms with Crippen molar-refractivity contribution in [2.24, 2.45) is 0 Å². The van der Waals surface area contributed by atoms with Crippen LogP contribution in [0.15, 0.2) is 31.0 Å². The molecule has 0 saturated heterocycles. The van der Waals surface area contributed by atoms with E-state index in [4.69, 9.17) is 16.3 Å². The van der Waals surface area contributed by atoms with Gasteiger partial charge in [0.1, 0.15) is 17.5 Å². The van der Waals surface area contributed by atoms with Crippen molar-refractivity contribution < 1.29 is 4.74 Å². The molecule has 0 atom stereocenters. The third-order valence-corrected chi connectivity index (χ3v) is 1.27. The van der Waals surface area contributed by atoms with Crippen molar-refractivity contribution in [2.75, 3.05) is 6.61 Å². The molecule has 1 aromatic rings. The first-order valence-corrected chi connectivity index (χ1v) is 3.56. The van der Waals surface area contributed by atoms with Crippen LogP contribution in [0.3, 0.4) is 0 Å². The number of nitrogens with zero attached hydrogens (tertiary/aromatic N) is 1. The van der Waals surface area contributed by atoms with Gasteiger partial charge in [-0.15, -0.1) is 0 Å². The summed E-state index contributed by atoms with van der Waals surface area (Å²) in [5.74, 6) is 0.713. The molecule has 0 unspecified atom stereocenters. The molecular formula is C8H8ClNO. The second kappa shape index (κ2) is 3.98. The fourth-order valence-corrected chi connectivity index (χ4v) is 0.794. The zero-order valence-corrected chi connectivity index (χ0v) is 6.71. The van der Waals surface area contributed by atoms with Gasteiger partial charge in [0.2, 0.25) is 0 Å². The molecule has 0 fully saturated rings. The van der Waals surface area contributed by atoms with Crippen LogP contribution in [0.2, 0.25) is 5.15 Å². The second-order valence-electron chi connectivity index (χ2n) is 1.91. The van der Waals surface area contributed by atoms with Gasteiger partial charge in [0.15, 0.2) is 0 Å². The van der Waals surface area contributed by atoms with Crippen molar-refractivity contribution in [3.63, 3.8) is 0 Å². The molecule has 2 nitrogen and oxygen atoms in total. The molecule has 0 bridgehead atoms. The van der Waals surface area contributed by atoms with Crippen LogP contribution in [0.4, 0.5) is 0 Å². The molecule has 1 rings (SSSR count). The van der Waals surface area contributed by atoms with E-state index in [9.17, 15) is 0 Å². The molecule has 0 spiro atoms. The topological polar surface area (TPSA) is 22.1 Å². The lowest BCUT2D eigenvalue weighted by Gasteiger charge is -2.01. The van der Waals surface area contributed by atoms with Gasteiger partial charge in [0.05, 0.1) is 0 Å². The van der Waals surface area contributed by atoms with Crippen LogP contribution in [-0.4, -0.2) is 11.6 Å². The van der Waals surface area contributed by atoms with Crippen molar-refractivity contribution >= 4 is 11.6 Å². The van der Waals surface area contributed by atoms with E-state index in [-0.39, 0.29) is 0 Å². The number of halogens is 1. The Hall–Kier alpha value is -1.02. The fourth-order valence-electron chi connectivity index (χ4n) is 0.630. The van der Waals surface area contributed by atoms with Crippen LogP contribution in [0.5, 0.6) is 5.75 Å². The van der Waals surface area contributed by atoms with Crippen LogP contribution in [-0.2, 0) is 0 Å². The highest BCUT2D eigenvalue weighted by molar-refractivity contribution is 6.29. The van der Waals surface area contributed by atoms with Crippen LogP contribution in [0.1, 0.15) is 0 Å². The van der Waals surface area contributed by atoms with E-state index in [0.717, 1.165) is 0 Å². The lowest BCUT2D eigenvalue weighted by Crippen LogP contribution is -1.92. The average Bonchev–Trinajstić information content (AvgIpc) is 2.01. The van der Waals surface area contributed by atoms with E-state index in [1.54, 1.807) is 24.4 Å². The standard InChI is InChI=1S/C8H8ClNO/c1-2-5-11-7-3-4-10-8(9)6-7/h2-4,6H,1,5H2. The summed E-state index contributed by atoms with van der Waals surface area (Å²) in [7, 11) is 0. The summed E-state index contributed by atoms with van der Waals surface area (Å²) in [6.45, 7) is 4.01. The largest absolute Gasteiger partial charge is 0.489 e. The Bertz CT molecular complexity index is 250. The molecule has 0 N–H and O–H groups in total. The maximum atomic E-state index is 5.61. The SMILES string of the molecule is C=CCOc1ccnc(Cl)c1. The minimum Gasteiger partial charge on any atom is -0.489 e. The zero-order chi connectivity index (χ0) is 8.10. The highest BCUT2D eigenvalue weighted by Gasteiger charge is 1.92. The molecule has 0 aliphatic heterocycles. The van der Waals surface area contributed by atoms with Gasteiger partial charge in [-0.1, -0.05) is 24.3 Å².